The molecule has 1 saturated heterocycles. The minimum absolute atomic E-state index is 0.0686. The van der Waals surface area contributed by atoms with E-state index in [1.54, 1.807) is 24.3 Å². The second-order valence-corrected chi connectivity index (χ2v) is 5.53. The van der Waals surface area contributed by atoms with E-state index in [1.807, 2.05) is 18.2 Å². The van der Waals surface area contributed by atoms with Crippen molar-refractivity contribution in [2.45, 2.75) is 31.0 Å². The second kappa shape index (κ2) is 5.63. The smallest absolute Gasteiger partial charge is 0.342 e. The molecule has 2 nitrogen and oxygen atoms in total. The van der Waals surface area contributed by atoms with Gasteiger partial charge in [0.05, 0.1) is 5.69 Å². The van der Waals surface area contributed by atoms with Crippen molar-refractivity contribution in [1.82, 2.24) is 4.90 Å². The number of likely N-dealkylation sites (tertiary alicyclic amines) is 1. The van der Waals surface area contributed by atoms with E-state index < -0.39 is 11.7 Å². The molecule has 5 heteroatoms. The van der Waals surface area contributed by atoms with E-state index in [9.17, 15) is 13.2 Å². The zero-order valence-electron chi connectivity index (χ0n) is 12.1. The summed E-state index contributed by atoms with van der Waals surface area (Å²) in [6.07, 6.45) is 2.84. The summed E-state index contributed by atoms with van der Waals surface area (Å²) >= 11 is 0. The highest BCUT2D eigenvalue weighted by atomic mass is 19.4. The number of hydrogen-bond donors (Lipinski definition) is 0. The molecule has 0 aromatic heterocycles. The van der Waals surface area contributed by atoms with Crippen LogP contribution in [0.2, 0.25) is 0 Å². The number of rotatable bonds is 2. The summed E-state index contributed by atoms with van der Waals surface area (Å²) in [4.78, 5) is 5.89. The SMILES string of the molecule is FC(F)(F)C1(N2CCCC2=Nc2ccccc2)C=CC=CC1. The molecule has 1 aliphatic heterocycles. The maximum absolute atomic E-state index is 13.8. The van der Waals surface area contributed by atoms with Crippen LogP contribution in [0.25, 0.3) is 0 Å². The van der Waals surface area contributed by atoms with Crippen LogP contribution >= 0.6 is 0 Å². The molecular formula is C17H17F3N2. The molecule has 0 saturated carbocycles. The lowest BCUT2D eigenvalue weighted by atomic mass is 9.88. The van der Waals surface area contributed by atoms with Crippen LogP contribution in [0.4, 0.5) is 18.9 Å². The Morgan fingerprint density at radius 3 is 2.50 bits per heavy atom. The summed E-state index contributed by atoms with van der Waals surface area (Å²) in [6, 6.07) is 9.14. The lowest BCUT2D eigenvalue weighted by molar-refractivity contribution is -0.201. The Hall–Kier alpha value is -2.04. The third-order valence-electron chi connectivity index (χ3n) is 4.13. The van der Waals surface area contributed by atoms with Gasteiger partial charge in [-0.1, -0.05) is 36.4 Å². The number of benzene rings is 1. The molecule has 1 heterocycles. The van der Waals surface area contributed by atoms with Gasteiger partial charge in [0, 0.05) is 19.4 Å². The van der Waals surface area contributed by atoms with Gasteiger partial charge in [0.15, 0.2) is 5.54 Å². The van der Waals surface area contributed by atoms with Gasteiger partial charge in [0.25, 0.3) is 0 Å². The molecule has 1 unspecified atom stereocenters. The van der Waals surface area contributed by atoms with E-state index in [4.69, 9.17) is 0 Å². The Morgan fingerprint density at radius 2 is 1.86 bits per heavy atom. The normalized spacial score (nSPS) is 26.9. The highest BCUT2D eigenvalue weighted by Gasteiger charge is 2.58. The maximum Gasteiger partial charge on any atom is 0.415 e. The molecular weight excluding hydrogens is 289 g/mol. The maximum atomic E-state index is 13.8. The molecule has 0 radical (unpaired) electrons. The Labute approximate surface area is 127 Å². The Kier molecular flexibility index (Phi) is 3.81. The van der Waals surface area contributed by atoms with Crippen LogP contribution in [0, 0.1) is 0 Å². The lowest BCUT2D eigenvalue weighted by Crippen LogP contribution is -2.58. The first-order valence-corrected chi connectivity index (χ1v) is 7.34. The van der Waals surface area contributed by atoms with Crippen molar-refractivity contribution in [2.75, 3.05) is 6.54 Å². The summed E-state index contributed by atoms with van der Waals surface area (Å²) in [5.74, 6) is 0.517. The fourth-order valence-electron chi connectivity index (χ4n) is 3.03. The Balaban J connectivity index is 1.99. The van der Waals surface area contributed by atoms with Gasteiger partial charge in [-0.25, -0.2) is 4.99 Å². The van der Waals surface area contributed by atoms with Crippen molar-refractivity contribution >= 4 is 11.5 Å². The fraction of sp³-hybridized carbons (Fsp3) is 0.353. The summed E-state index contributed by atoms with van der Waals surface area (Å²) in [5, 5.41) is 0. The second-order valence-electron chi connectivity index (χ2n) is 5.53. The van der Waals surface area contributed by atoms with E-state index in [0.717, 1.165) is 0 Å². The van der Waals surface area contributed by atoms with Crippen LogP contribution in [0.15, 0.2) is 59.6 Å². The van der Waals surface area contributed by atoms with Crippen LogP contribution in [-0.2, 0) is 0 Å². The fourth-order valence-corrected chi connectivity index (χ4v) is 3.03. The van der Waals surface area contributed by atoms with Crippen molar-refractivity contribution in [1.29, 1.82) is 0 Å². The van der Waals surface area contributed by atoms with Gasteiger partial charge in [-0.2, -0.15) is 13.2 Å². The molecule has 0 bridgehead atoms. The molecule has 116 valence electrons. The zero-order valence-corrected chi connectivity index (χ0v) is 12.1. The average molecular weight is 306 g/mol. The van der Waals surface area contributed by atoms with Crippen LogP contribution < -0.4 is 0 Å². The van der Waals surface area contributed by atoms with Crippen LogP contribution in [0.3, 0.4) is 0 Å². The van der Waals surface area contributed by atoms with E-state index in [0.29, 0.717) is 30.9 Å². The van der Waals surface area contributed by atoms with Crippen molar-refractivity contribution in [3.63, 3.8) is 0 Å². The van der Waals surface area contributed by atoms with Gasteiger partial charge < -0.3 is 4.90 Å². The number of halogens is 3. The van der Waals surface area contributed by atoms with E-state index in [1.165, 1.54) is 17.1 Å². The molecule has 1 aromatic carbocycles. The average Bonchev–Trinajstić information content (AvgIpc) is 2.96. The minimum atomic E-state index is -4.34. The largest absolute Gasteiger partial charge is 0.415 e. The summed E-state index contributed by atoms with van der Waals surface area (Å²) < 4.78 is 41.3. The molecule has 0 N–H and O–H groups in total. The number of nitrogens with zero attached hydrogens (tertiary/aromatic N) is 2. The van der Waals surface area contributed by atoms with Gasteiger partial charge in [-0.15, -0.1) is 0 Å². The quantitative estimate of drug-likeness (QED) is 0.778. The number of hydrogen-bond acceptors (Lipinski definition) is 1. The molecule has 1 fully saturated rings. The first-order chi connectivity index (χ1) is 10.5. The lowest BCUT2D eigenvalue weighted by Gasteiger charge is -2.42. The van der Waals surface area contributed by atoms with Gasteiger partial charge in [0.1, 0.15) is 5.84 Å². The Morgan fingerprint density at radius 1 is 1.09 bits per heavy atom. The van der Waals surface area contributed by atoms with Gasteiger partial charge in [-0.3, -0.25) is 0 Å². The van der Waals surface area contributed by atoms with Crippen molar-refractivity contribution in [3.8, 4) is 0 Å². The molecule has 0 amide bonds. The first-order valence-electron chi connectivity index (χ1n) is 7.34. The Bertz CT molecular complexity index is 617. The summed E-state index contributed by atoms with van der Waals surface area (Å²) in [7, 11) is 0. The summed E-state index contributed by atoms with van der Waals surface area (Å²) in [6.45, 7) is 0.378. The van der Waals surface area contributed by atoms with E-state index in [2.05, 4.69) is 4.99 Å². The van der Waals surface area contributed by atoms with Gasteiger partial charge in [-0.05, 0) is 24.6 Å². The molecule has 1 aromatic rings. The van der Waals surface area contributed by atoms with E-state index in [-0.39, 0.29) is 6.42 Å². The molecule has 1 aliphatic carbocycles. The zero-order chi connectivity index (χ0) is 15.6. The predicted octanol–water partition coefficient (Wildman–Crippen LogP) is 4.63. The summed E-state index contributed by atoms with van der Waals surface area (Å²) in [5.41, 5.74) is -1.27. The molecule has 0 spiro atoms. The number of allylic oxidation sites excluding steroid dienone is 2. The molecule has 3 rings (SSSR count). The minimum Gasteiger partial charge on any atom is -0.342 e. The van der Waals surface area contributed by atoms with Crippen LogP contribution in [0.5, 0.6) is 0 Å². The topological polar surface area (TPSA) is 15.6 Å². The third-order valence-corrected chi connectivity index (χ3v) is 4.13. The van der Waals surface area contributed by atoms with Crippen molar-refractivity contribution < 1.29 is 13.2 Å². The van der Waals surface area contributed by atoms with Crippen LogP contribution in [0.1, 0.15) is 19.3 Å². The van der Waals surface area contributed by atoms with Gasteiger partial charge >= 0.3 is 6.18 Å². The van der Waals surface area contributed by atoms with Crippen LogP contribution in [-0.4, -0.2) is 29.0 Å². The number of amidine groups is 1. The highest BCUT2D eigenvalue weighted by molar-refractivity contribution is 5.87. The third kappa shape index (κ3) is 2.56. The predicted molar refractivity (Wildman–Crippen MR) is 81.2 cm³/mol. The van der Waals surface area contributed by atoms with Crippen molar-refractivity contribution in [3.05, 3.63) is 54.6 Å². The number of aliphatic imine (C=N–C) groups is 1. The molecule has 22 heavy (non-hydrogen) atoms. The highest BCUT2D eigenvalue weighted by Crippen LogP contribution is 2.43. The molecule has 1 atom stereocenters. The number of para-hydroxylation sites is 1. The van der Waals surface area contributed by atoms with Crippen molar-refractivity contribution in [2.24, 2.45) is 4.99 Å². The number of alkyl halides is 3. The monoisotopic (exact) mass is 306 g/mol. The first kappa shape index (κ1) is 14.9. The standard InChI is InChI=1S/C17H17F3N2/c18-17(19,20)16(11-5-2-6-12-16)22-13-7-10-15(22)21-14-8-3-1-4-9-14/h1-6,8-9,11H,7,10,12-13H2. The molecule has 2 aliphatic rings. The van der Waals surface area contributed by atoms with Gasteiger partial charge in [0.2, 0.25) is 0 Å². The van der Waals surface area contributed by atoms with E-state index >= 15 is 0 Å².